The van der Waals surface area contributed by atoms with E-state index in [0.29, 0.717) is 10.6 Å². The fourth-order valence-corrected chi connectivity index (χ4v) is 2.59. The Morgan fingerprint density at radius 2 is 2.00 bits per heavy atom. The molecular weight excluding hydrogens is 331 g/mol. The third-order valence-corrected chi connectivity index (χ3v) is 3.90. The van der Waals surface area contributed by atoms with E-state index < -0.39 is 11.9 Å². The number of aliphatic hydroxyl groups excluding tert-OH is 1. The number of benzene rings is 2. The van der Waals surface area contributed by atoms with Crippen molar-refractivity contribution in [2.24, 2.45) is 0 Å². The molecule has 19 heavy (non-hydrogen) atoms. The summed E-state index contributed by atoms with van der Waals surface area (Å²) >= 11 is 9.11. The number of halogens is 3. The molecule has 0 aliphatic heterocycles. The van der Waals surface area contributed by atoms with E-state index >= 15 is 0 Å². The maximum absolute atomic E-state index is 13.7. The zero-order valence-electron chi connectivity index (χ0n) is 10.3. The van der Waals surface area contributed by atoms with Gasteiger partial charge in [-0.1, -0.05) is 51.3 Å². The van der Waals surface area contributed by atoms with E-state index in [-0.39, 0.29) is 6.42 Å². The molecule has 2 aromatic carbocycles. The first kappa shape index (κ1) is 14.5. The molecule has 0 saturated heterocycles. The largest absolute Gasteiger partial charge is 0.388 e. The Kier molecular flexibility index (Phi) is 4.61. The van der Waals surface area contributed by atoms with Gasteiger partial charge in [0.1, 0.15) is 5.82 Å². The number of aliphatic hydroxyl groups is 1. The third-order valence-electron chi connectivity index (χ3n) is 2.94. The standard InChI is InChI=1S/C15H13BrClFO/c1-9-2-5-13(16)12(6-9)15(19)7-10-3-4-11(17)8-14(10)18/h2-6,8,15,19H,7H2,1H3. The quantitative estimate of drug-likeness (QED) is 0.846. The molecule has 0 bridgehead atoms. The molecule has 0 amide bonds. The van der Waals surface area contributed by atoms with Crippen molar-refractivity contribution in [2.75, 3.05) is 0 Å². The molecule has 0 aromatic heterocycles. The molecule has 0 fully saturated rings. The summed E-state index contributed by atoms with van der Waals surface area (Å²) in [6.45, 7) is 1.95. The summed E-state index contributed by atoms with van der Waals surface area (Å²) in [5.41, 5.74) is 2.26. The predicted octanol–water partition coefficient (Wildman–Crippen LogP) is 4.83. The average molecular weight is 344 g/mol. The van der Waals surface area contributed by atoms with Crippen molar-refractivity contribution in [3.8, 4) is 0 Å². The van der Waals surface area contributed by atoms with Gasteiger partial charge in [-0.3, -0.25) is 0 Å². The Morgan fingerprint density at radius 1 is 1.26 bits per heavy atom. The van der Waals surface area contributed by atoms with Crippen LogP contribution < -0.4 is 0 Å². The van der Waals surface area contributed by atoms with Gasteiger partial charge in [-0.2, -0.15) is 0 Å². The topological polar surface area (TPSA) is 20.2 Å². The minimum absolute atomic E-state index is 0.213. The van der Waals surface area contributed by atoms with Gasteiger partial charge in [0.25, 0.3) is 0 Å². The van der Waals surface area contributed by atoms with Gasteiger partial charge in [-0.25, -0.2) is 4.39 Å². The molecule has 2 aromatic rings. The Morgan fingerprint density at radius 3 is 2.68 bits per heavy atom. The summed E-state index contributed by atoms with van der Waals surface area (Å²) in [4.78, 5) is 0. The van der Waals surface area contributed by atoms with E-state index in [0.717, 1.165) is 15.6 Å². The molecule has 1 N–H and O–H groups in total. The lowest BCUT2D eigenvalue weighted by Crippen LogP contribution is -2.04. The maximum atomic E-state index is 13.7. The molecule has 0 aliphatic rings. The first-order chi connectivity index (χ1) is 8.97. The maximum Gasteiger partial charge on any atom is 0.127 e. The number of aryl methyl sites for hydroxylation is 1. The highest BCUT2D eigenvalue weighted by Gasteiger charge is 2.14. The van der Waals surface area contributed by atoms with Gasteiger partial charge in [0.2, 0.25) is 0 Å². The van der Waals surface area contributed by atoms with Crippen LogP contribution in [-0.4, -0.2) is 5.11 Å². The summed E-state index contributed by atoms with van der Waals surface area (Å²) in [7, 11) is 0. The fraction of sp³-hybridized carbons (Fsp3) is 0.200. The van der Waals surface area contributed by atoms with Crippen molar-refractivity contribution >= 4 is 27.5 Å². The van der Waals surface area contributed by atoms with Gasteiger partial charge >= 0.3 is 0 Å². The SMILES string of the molecule is Cc1ccc(Br)c(C(O)Cc2ccc(Cl)cc2F)c1. The molecule has 0 heterocycles. The van der Waals surface area contributed by atoms with Crippen LogP contribution in [0.5, 0.6) is 0 Å². The second-order valence-corrected chi connectivity index (χ2v) is 5.77. The summed E-state index contributed by atoms with van der Waals surface area (Å²) in [5, 5.41) is 10.6. The highest BCUT2D eigenvalue weighted by atomic mass is 79.9. The highest BCUT2D eigenvalue weighted by molar-refractivity contribution is 9.10. The zero-order valence-corrected chi connectivity index (χ0v) is 12.7. The van der Waals surface area contributed by atoms with Gasteiger partial charge in [0, 0.05) is 15.9 Å². The summed E-state index contributed by atoms with van der Waals surface area (Å²) in [5.74, 6) is -0.393. The first-order valence-electron chi connectivity index (χ1n) is 5.85. The van der Waals surface area contributed by atoms with Crippen molar-refractivity contribution in [1.82, 2.24) is 0 Å². The third kappa shape index (κ3) is 3.56. The van der Waals surface area contributed by atoms with Gasteiger partial charge < -0.3 is 5.11 Å². The van der Waals surface area contributed by atoms with Gasteiger partial charge in [0.15, 0.2) is 0 Å². The lowest BCUT2D eigenvalue weighted by atomic mass is 10.00. The molecule has 100 valence electrons. The Labute approximate surface area is 125 Å². The Bertz CT molecular complexity index is 601. The normalized spacial score (nSPS) is 12.5. The molecule has 2 rings (SSSR count). The van der Waals surface area contributed by atoms with Crippen molar-refractivity contribution in [2.45, 2.75) is 19.4 Å². The van der Waals surface area contributed by atoms with Crippen LogP contribution in [0.1, 0.15) is 22.8 Å². The second kappa shape index (κ2) is 6.04. The summed E-state index contributed by atoms with van der Waals surface area (Å²) in [6.07, 6.45) is -0.546. The molecule has 0 spiro atoms. The molecule has 1 nitrogen and oxygen atoms in total. The van der Waals surface area contributed by atoms with E-state index in [1.165, 1.54) is 6.07 Å². The number of hydrogen-bond acceptors (Lipinski definition) is 1. The molecule has 0 aliphatic carbocycles. The molecule has 4 heteroatoms. The Hall–Kier alpha value is -0.900. The number of hydrogen-bond donors (Lipinski definition) is 1. The van der Waals surface area contributed by atoms with Crippen LogP contribution in [0.2, 0.25) is 5.02 Å². The van der Waals surface area contributed by atoms with Gasteiger partial charge in [-0.05, 0) is 36.2 Å². The molecule has 1 unspecified atom stereocenters. The van der Waals surface area contributed by atoms with Crippen molar-refractivity contribution in [1.29, 1.82) is 0 Å². The summed E-state index contributed by atoms with van der Waals surface area (Å²) < 4.78 is 14.5. The molecular formula is C15H13BrClFO. The van der Waals surface area contributed by atoms with Crippen LogP contribution in [-0.2, 0) is 6.42 Å². The van der Waals surface area contributed by atoms with E-state index in [2.05, 4.69) is 15.9 Å². The summed E-state index contributed by atoms with van der Waals surface area (Å²) in [6, 6.07) is 10.2. The number of rotatable bonds is 3. The average Bonchev–Trinajstić information content (AvgIpc) is 2.35. The van der Waals surface area contributed by atoms with E-state index in [4.69, 9.17) is 11.6 Å². The smallest absolute Gasteiger partial charge is 0.127 e. The first-order valence-corrected chi connectivity index (χ1v) is 7.02. The van der Waals surface area contributed by atoms with E-state index in [1.54, 1.807) is 12.1 Å². The van der Waals surface area contributed by atoms with Crippen molar-refractivity contribution in [3.05, 3.63) is 68.4 Å². The van der Waals surface area contributed by atoms with E-state index in [9.17, 15) is 9.50 Å². The Balaban J connectivity index is 2.25. The van der Waals surface area contributed by atoms with Crippen molar-refractivity contribution < 1.29 is 9.50 Å². The van der Waals surface area contributed by atoms with Crippen LogP contribution in [0.4, 0.5) is 4.39 Å². The molecule has 0 radical (unpaired) electrons. The zero-order chi connectivity index (χ0) is 14.0. The second-order valence-electron chi connectivity index (χ2n) is 4.48. The highest BCUT2D eigenvalue weighted by Crippen LogP contribution is 2.28. The monoisotopic (exact) mass is 342 g/mol. The lowest BCUT2D eigenvalue weighted by molar-refractivity contribution is 0.176. The molecule has 1 atom stereocenters. The van der Waals surface area contributed by atoms with Crippen LogP contribution in [0.25, 0.3) is 0 Å². The minimum atomic E-state index is -0.759. The van der Waals surface area contributed by atoms with Gasteiger partial charge in [-0.15, -0.1) is 0 Å². The van der Waals surface area contributed by atoms with E-state index in [1.807, 2.05) is 25.1 Å². The lowest BCUT2D eigenvalue weighted by Gasteiger charge is -2.14. The van der Waals surface area contributed by atoms with Crippen LogP contribution in [0.3, 0.4) is 0 Å². The fourth-order valence-electron chi connectivity index (χ4n) is 1.92. The van der Waals surface area contributed by atoms with Crippen LogP contribution in [0.15, 0.2) is 40.9 Å². The van der Waals surface area contributed by atoms with Crippen LogP contribution in [0, 0.1) is 12.7 Å². The van der Waals surface area contributed by atoms with Crippen LogP contribution >= 0.6 is 27.5 Å². The molecule has 0 saturated carbocycles. The van der Waals surface area contributed by atoms with Gasteiger partial charge in [0.05, 0.1) is 6.10 Å². The predicted molar refractivity (Wildman–Crippen MR) is 79.0 cm³/mol. The minimum Gasteiger partial charge on any atom is -0.388 e. The van der Waals surface area contributed by atoms with Crippen molar-refractivity contribution in [3.63, 3.8) is 0 Å².